The third-order valence-electron chi connectivity index (χ3n) is 5.16. The van der Waals surface area contributed by atoms with Crippen molar-refractivity contribution in [2.75, 3.05) is 12.4 Å². The van der Waals surface area contributed by atoms with E-state index >= 15 is 0 Å². The third kappa shape index (κ3) is 5.75. The largest absolute Gasteiger partial charge is 0.493 e. The van der Waals surface area contributed by atoms with Crippen LogP contribution in [0.3, 0.4) is 0 Å². The number of ether oxygens (including phenoxy) is 2. The monoisotopic (exact) mass is 410 g/mol. The lowest BCUT2D eigenvalue weighted by Gasteiger charge is -2.14. The van der Waals surface area contributed by atoms with Gasteiger partial charge in [-0.05, 0) is 62.6 Å². The van der Waals surface area contributed by atoms with Gasteiger partial charge in [0.15, 0.2) is 11.5 Å². The molecule has 1 aliphatic rings. The highest BCUT2D eigenvalue weighted by molar-refractivity contribution is 5.95. The Morgan fingerprint density at radius 2 is 1.83 bits per heavy atom. The Bertz CT molecular complexity index is 889. The molecule has 30 heavy (non-hydrogen) atoms. The van der Waals surface area contributed by atoms with E-state index < -0.39 is 0 Å². The first kappa shape index (κ1) is 21.7. The summed E-state index contributed by atoms with van der Waals surface area (Å²) in [6.07, 6.45) is 4.19. The number of rotatable bonds is 8. The molecule has 0 atom stereocenters. The molecule has 0 unspecified atom stereocenters. The molecule has 0 aromatic heterocycles. The summed E-state index contributed by atoms with van der Waals surface area (Å²) in [7, 11) is 1.55. The zero-order chi connectivity index (χ0) is 21.5. The van der Waals surface area contributed by atoms with Gasteiger partial charge in [0.2, 0.25) is 5.91 Å². The second kappa shape index (κ2) is 10.1. The molecule has 1 aliphatic carbocycles. The van der Waals surface area contributed by atoms with Gasteiger partial charge in [0.05, 0.1) is 13.2 Å². The Labute approximate surface area is 178 Å². The van der Waals surface area contributed by atoms with E-state index in [9.17, 15) is 9.59 Å². The molecule has 0 radical (unpaired) electrons. The maximum Gasteiger partial charge on any atom is 0.251 e. The van der Waals surface area contributed by atoms with Crippen LogP contribution in [0.1, 0.15) is 55.5 Å². The lowest BCUT2D eigenvalue weighted by molar-refractivity contribution is -0.119. The molecule has 3 rings (SSSR count). The summed E-state index contributed by atoms with van der Waals surface area (Å²) in [5, 5.41) is 5.91. The van der Waals surface area contributed by atoms with Gasteiger partial charge in [0, 0.05) is 23.7 Å². The number of methoxy groups -OCH3 is 1. The molecule has 1 fully saturated rings. The van der Waals surface area contributed by atoms with Gasteiger partial charge in [-0.3, -0.25) is 9.59 Å². The first-order valence-electron chi connectivity index (χ1n) is 10.5. The molecular formula is C24H30N2O4. The number of anilines is 1. The van der Waals surface area contributed by atoms with Crippen molar-refractivity contribution in [3.8, 4) is 11.5 Å². The van der Waals surface area contributed by atoms with Gasteiger partial charge in [-0.25, -0.2) is 0 Å². The van der Waals surface area contributed by atoms with E-state index in [0.717, 1.165) is 36.9 Å². The summed E-state index contributed by atoms with van der Waals surface area (Å²) in [5.74, 6) is 1.13. The van der Waals surface area contributed by atoms with Crippen LogP contribution in [0, 0.1) is 5.92 Å². The van der Waals surface area contributed by atoms with Gasteiger partial charge >= 0.3 is 0 Å². The molecule has 0 heterocycles. The fourth-order valence-corrected chi connectivity index (χ4v) is 3.64. The normalized spacial score (nSPS) is 13.9. The average Bonchev–Trinajstić information content (AvgIpc) is 3.27. The van der Waals surface area contributed by atoms with Gasteiger partial charge in [-0.15, -0.1) is 0 Å². The van der Waals surface area contributed by atoms with Crippen molar-refractivity contribution >= 4 is 17.5 Å². The van der Waals surface area contributed by atoms with E-state index in [-0.39, 0.29) is 23.8 Å². The van der Waals surface area contributed by atoms with Crippen molar-refractivity contribution in [1.29, 1.82) is 0 Å². The number of hydrogen-bond donors (Lipinski definition) is 2. The maximum atomic E-state index is 12.6. The standard InChI is InChI=1S/C24H30N2O4/c1-16(2)30-21-12-11-19(14-22(21)29-3)23(27)25-15-17-7-6-10-20(13-17)26-24(28)18-8-4-5-9-18/h6-7,10-14,16,18H,4-5,8-9,15H2,1-3H3,(H,25,27)(H,26,28). The minimum absolute atomic E-state index is 0.0139. The average molecular weight is 411 g/mol. The van der Waals surface area contributed by atoms with E-state index in [1.165, 1.54) is 0 Å². The van der Waals surface area contributed by atoms with Crippen LogP contribution in [-0.4, -0.2) is 25.0 Å². The van der Waals surface area contributed by atoms with Gasteiger partial charge < -0.3 is 20.1 Å². The lowest BCUT2D eigenvalue weighted by Crippen LogP contribution is -2.23. The molecule has 2 N–H and O–H groups in total. The van der Waals surface area contributed by atoms with Crippen LogP contribution < -0.4 is 20.1 Å². The zero-order valence-electron chi connectivity index (χ0n) is 17.9. The molecule has 0 saturated heterocycles. The number of benzene rings is 2. The van der Waals surface area contributed by atoms with Crippen LogP contribution >= 0.6 is 0 Å². The minimum atomic E-state index is -0.204. The molecule has 2 aromatic rings. The zero-order valence-corrected chi connectivity index (χ0v) is 17.9. The van der Waals surface area contributed by atoms with E-state index in [1.807, 2.05) is 38.1 Å². The smallest absolute Gasteiger partial charge is 0.251 e. The van der Waals surface area contributed by atoms with Gasteiger partial charge in [0.1, 0.15) is 0 Å². The van der Waals surface area contributed by atoms with E-state index in [4.69, 9.17) is 9.47 Å². The minimum Gasteiger partial charge on any atom is -0.493 e. The molecule has 6 heteroatoms. The van der Waals surface area contributed by atoms with E-state index in [1.54, 1.807) is 25.3 Å². The first-order chi connectivity index (χ1) is 14.5. The number of carbonyl (C=O) groups is 2. The summed E-state index contributed by atoms with van der Waals surface area (Å²) in [4.78, 5) is 24.9. The maximum absolute atomic E-state index is 12.6. The van der Waals surface area contributed by atoms with E-state index in [2.05, 4.69) is 10.6 Å². The summed E-state index contributed by atoms with van der Waals surface area (Å²) >= 11 is 0. The van der Waals surface area contributed by atoms with Gasteiger partial charge in [0.25, 0.3) is 5.91 Å². The SMILES string of the molecule is COc1cc(C(=O)NCc2cccc(NC(=O)C3CCCC3)c2)ccc1OC(C)C. The fourth-order valence-electron chi connectivity index (χ4n) is 3.64. The summed E-state index contributed by atoms with van der Waals surface area (Å²) in [5.41, 5.74) is 2.17. The van der Waals surface area contributed by atoms with Crippen LogP contribution in [0.5, 0.6) is 11.5 Å². The molecule has 2 amide bonds. The van der Waals surface area contributed by atoms with Crippen molar-refractivity contribution < 1.29 is 19.1 Å². The molecule has 6 nitrogen and oxygen atoms in total. The Hall–Kier alpha value is -3.02. The second-order valence-corrected chi connectivity index (χ2v) is 7.89. The van der Waals surface area contributed by atoms with Crippen LogP contribution in [0.15, 0.2) is 42.5 Å². The highest BCUT2D eigenvalue weighted by Crippen LogP contribution is 2.29. The van der Waals surface area contributed by atoms with Crippen LogP contribution in [-0.2, 0) is 11.3 Å². The molecule has 0 aliphatic heterocycles. The van der Waals surface area contributed by atoms with Gasteiger partial charge in [-0.2, -0.15) is 0 Å². The second-order valence-electron chi connectivity index (χ2n) is 7.89. The third-order valence-corrected chi connectivity index (χ3v) is 5.16. The molecular weight excluding hydrogens is 380 g/mol. The topological polar surface area (TPSA) is 76.7 Å². The van der Waals surface area contributed by atoms with Crippen LogP contribution in [0.4, 0.5) is 5.69 Å². The quantitative estimate of drug-likeness (QED) is 0.670. The molecule has 0 bridgehead atoms. The Kier molecular flexibility index (Phi) is 7.33. The van der Waals surface area contributed by atoms with Crippen molar-refractivity contribution in [3.05, 3.63) is 53.6 Å². The molecule has 0 spiro atoms. The number of amides is 2. The van der Waals surface area contributed by atoms with Crippen molar-refractivity contribution in [1.82, 2.24) is 5.32 Å². The van der Waals surface area contributed by atoms with E-state index in [0.29, 0.717) is 23.6 Å². The Morgan fingerprint density at radius 1 is 1.07 bits per heavy atom. The predicted octanol–water partition coefficient (Wildman–Crippen LogP) is 4.54. The van der Waals surface area contributed by atoms with Crippen molar-refractivity contribution in [2.45, 2.75) is 52.2 Å². The Balaban J connectivity index is 1.59. The Morgan fingerprint density at radius 3 is 2.53 bits per heavy atom. The lowest BCUT2D eigenvalue weighted by atomic mass is 10.1. The fraction of sp³-hybridized carbons (Fsp3) is 0.417. The number of nitrogens with one attached hydrogen (secondary N) is 2. The number of hydrogen-bond acceptors (Lipinski definition) is 4. The van der Waals surface area contributed by atoms with Gasteiger partial charge in [-0.1, -0.05) is 25.0 Å². The van der Waals surface area contributed by atoms with Crippen molar-refractivity contribution in [2.24, 2.45) is 5.92 Å². The summed E-state index contributed by atoms with van der Waals surface area (Å²) < 4.78 is 11.0. The molecule has 1 saturated carbocycles. The predicted molar refractivity (Wildman–Crippen MR) is 117 cm³/mol. The first-order valence-corrected chi connectivity index (χ1v) is 10.5. The molecule has 160 valence electrons. The summed E-state index contributed by atoms with van der Waals surface area (Å²) in [6, 6.07) is 12.7. The molecule has 2 aromatic carbocycles. The highest BCUT2D eigenvalue weighted by atomic mass is 16.5. The van der Waals surface area contributed by atoms with Crippen LogP contribution in [0.2, 0.25) is 0 Å². The van der Waals surface area contributed by atoms with Crippen LogP contribution in [0.25, 0.3) is 0 Å². The summed E-state index contributed by atoms with van der Waals surface area (Å²) in [6.45, 7) is 4.23. The van der Waals surface area contributed by atoms with Crippen molar-refractivity contribution in [3.63, 3.8) is 0 Å². The highest BCUT2D eigenvalue weighted by Gasteiger charge is 2.22. The number of carbonyl (C=O) groups excluding carboxylic acids is 2.